The lowest BCUT2D eigenvalue weighted by atomic mass is 10.0. The fourth-order valence-electron chi connectivity index (χ4n) is 3.02. The van der Waals surface area contributed by atoms with Crippen molar-refractivity contribution < 1.29 is 9.84 Å². The molecule has 0 amide bonds. The van der Waals surface area contributed by atoms with Crippen molar-refractivity contribution in [2.24, 2.45) is 0 Å². The minimum Gasteiger partial charge on any atom is -0.507 e. The van der Waals surface area contributed by atoms with E-state index in [0.29, 0.717) is 17.5 Å². The van der Waals surface area contributed by atoms with Gasteiger partial charge < -0.3 is 9.84 Å². The van der Waals surface area contributed by atoms with Crippen molar-refractivity contribution in [3.8, 4) is 11.5 Å². The van der Waals surface area contributed by atoms with Gasteiger partial charge in [0, 0.05) is 49.9 Å². The molecule has 1 saturated heterocycles. The number of aromatic hydroxyl groups is 1. The first-order chi connectivity index (χ1) is 10.1. The molecule has 1 aromatic rings. The number of piperazine rings is 1. The van der Waals surface area contributed by atoms with E-state index in [2.05, 4.69) is 30.6 Å². The average Bonchev–Trinajstić information content (AvgIpc) is 2.53. The van der Waals surface area contributed by atoms with Crippen molar-refractivity contribution in [1.29, 1.82) is 0 Å². The van der Waals surface area contributed by atoms with Crippen LogP contribution in [0.3, 0.4) is 0 Å². The van der Waals surface area contributed by atoms with E-state index < -0.39 is 0 Å². The molecule has 0 aliphatic carbocycles. The van der Waals surface area contributed by atoms with E-state index in [1.807, 2.05) is 12.1 Å². The molecule has 21 heavy (non-hydrogen) atoms. The van der Waals surface area contributed by atoms with Crippen LogP contribution in [0.15, 0.2) is 18.2 Å². The Balaban J connectivity index is 2.00. The Bertz CT molecular complexity index is 456. The van der Waals surface area contributed by atoms with Gasteiger partial charge in [-0.25, -0.2) is 0 Å². The number of methoxy groups -OCH3 is 1. The number of rotatable bonds is 5. The minimum absolute atomic E-state index is 0.231. The number of hydrogen-bond acceptors (Lipinski definition) is 4. The fourth-order valence-corrected chi connectivity index (χ4v) is 3.02. The number of phenols is 1. The molecule has 2 rings (SSSR count). The van der Waals surface area contributed by atoms with Crippen molar-refractivity contribution in [2.75, 3.05) is 33.3 Å². The summed E-state index contributed by atoms with van der Waals surface area (Å²) in [5.74, 6) is 1.02. The molecule has 1 heterocycles. The number of ether oxygens (including phenoxy) is 1. The maximum absolute atomic E-state index is 10.2. The molecule has 4 nitrogen and oxygen atoms in total. The van der Waals surface area contributed by atoms with Crippen LogP contribution in [-0.2, 0) is 0 Å². The van der Waals surface area contributed by atoms with Crippen LogP contribution in [0.1, 0.15) is 38.8 Å². The highest BCUT2D eigenvalue weighted by atomic mass is 16.5. The molecule has 1 N–H and O–H groups in total. The van der Waals surface area contributed by atoms with Gasteiger partial charge >= 0.3 is 0 Å². The van der Waals surface area contributed by atoms with Crippen molar-refractivity contribution in [3.05, 3.63) is 23.8 Å². The summed E-state index contributed by atoms with van der Waals surface area (Å²) in [7, 11) is 1.62. The monoisotopic (exact) mass is 292 g/mol. The predicted octanol–water partition coefficient (Wildman–Crippen LogP) is 2.88. The molecular weight excluding hydrogens is 264 g/mol. The van der Waals surface area contributed by atoms with Gasteiger partial charge in [0.1, 0.15) is 11.5 Å². The molecule has 1 aliphatic rings. The third kappa shape index (κ3) is 3.69. The lowest BCUT2D eigenvalue weighted by Gasteiger charge is -2.40. The first kappa shape index (κ1) is 16.1. The number of hydrogen-bond donors (Lipinski definition) is 1. The highest BCUT2D eigenvalue weighted by Gasteiger charge is 2.25. The molecule has 0 aromatic heterocycles. The van der Waals surface area contributed by atoms with Crippen LogP contribution >= 0.6 is 0 Å². The second kappa shape index (κ2) is 7.14. The van der Waals surface area contributed by atoms with Gasteiger partial charge in [0.2, 0.25) is 0 Å². The van der Waals surface area contributed by atoms with E-state index in [9.17, 15) is 5.11 Å². The van der Waals surface area contributed by atoms with Crippen LogP contribution in [0.25, 0.3) is 0 Å². The molecular formula is C17H28N2O2. The van der Waals surface area contributed by atoms with Gasteiger partial charge in [0.05, 0.1) is 7.11 Å². The van der Waals surface area contributed by atoms with E-state index >= 15 is 0 Å². The molecule has 0 spiro atoms. The summed E-state index contributed by atoms with van der Waals surface area (Å²) in [6, 6.07) is 6.48. The van der Waals surface area contributed by atoms with Crippen LogP contribution in [0.5, 0.6) is 11.5 Å². The van der Waals surface area contributed by atoms with Crippen molar-refractivity contribution >= 4 is 0 Å². The standard InChI is InChI=1S/C17H28N2O2/c1-5-13(2)18-8-10-19(11-9-18)14(3)16-7-6-15(21-4)12-17(16)20/h6-7,12-14,20H,5,8-11H2,1-4H3. The van der Waals surface area contributed by atoms with Crippen molar-refractivity contribution in [3.63, 3.8) is 0 Å². The molecule has 4 heteroatoms. The number of phenolic OH excluding ortho intramolecular Hbond substituents is 1. The lowest BCUT2D eigenvalue weighted by molar-refractivity contribution is 0.0765. The Kier molecular flexibility index (Phi) is 5.48. The van der Waals surface area contributed by atoms with Gasteiger partial charge in [-0.05, 0) is 26.3 Å². The maximum Gasteiger partial charge on any atom is 0.124 e. The van der Waals surface area contributed by atoms with E-state index in [1.54, 1.807) is 13.2 Å². The van der Waals surface area contributed by atoms with Gasteiger partial charge in [-0.2, -0.15) is 0 Å². The largest absolute Gasteiger partial charge is 0.507 e. The molecule has 1 aromatic carbocycles. The lowest BCUT2D eigenvalue weighted by Crippen LogP contribution is -2.49. The van der Waals surface area contributed by atoms with E-state index in [4.69, 9.17) is 4.74 Å². The van der Waals surface area contributed by atoms with Crippen molar-refractivity contribution in [2.45, 2.75) is 39.3 Å². The Labute approximate surface area is 128 Å². The highest BCUT2D eigenvalue weighted by molar-refractivity contribution is 5.41. The van der Waals surface area contributed by atoms with E-state index in [-0.39, 0.29) is 6.04 Å². The van der Waals surface area contributed by atoms with Gasteiger partial charge in [-0.1, -0.05) is 13.0 Å². The summed E-state index contributed by atoms with van der Waals surface area (Å²) >= 11 is 0. The van der Waals surface area contributed by atoms with E-state index in [0.717, 1.165) is 31.7 Å². The molecule has 0 radical (unpaired) electrons. The summed E-state index contributed by atoms with van der Waals surface area (Å²) in [5, 5.41) is 10.2. The minimum atomic E-state index is 0.231. The molecule has 0 bridgehead atoms. The molecule has 0 saturated carbocycles. The fraction of sp³-hybridized carbons (Fsp3) is 0.647. The van der Waals surface area contributed by atoms with Gasteiger partial charge in [-0.3, -0.25) is 9.80 Å². The van der Waals surface area contributed by atoms with Crippen LogP contribution in [0, 0.1) is 0 Å². The molecule has 118 valence electrons. The van der Waals surface area contributed by atoms with Gasteiger partial charge in [0.25, 0.3) is 0 Å². The van der Waals surface area contributed by atoms with Crippen molar-refractivity contribution in [1.82, 2.24) is 9.80 Å². The first-order valence-corrected chi connectivity index (χ1v) is 7.91. The molecule has 1 fully saturated rings. The van der Waals surface area contributed by atoms with Crippen LogP contribution in [-0.4, -0.2) is 54.2 Å². The predicted molar refractivity (Wildman–Crippen MR) is 86.0 cm³/mol. The average molecular weight is 292 g/mol. The number of nitrogens with zero attached hydrogens (tertiary/aromatic N) is 2. The summed E-state index contributed by atoms with van der Waals surface area (Å²) in [4.78, 5) is 5.00. The Morgan fingerprint density at radius 3 is 2.29 bits per heavy atom. The maximum atomic E-state index is 10.2. The summed E-state index contributed by atoms with van der Waals surface area (Å²) < 4.78 is 5.15. The second-order valence-electron chi connectivity index (χ2n) is 5.93. The number of benzene rings is 1. The Morgan fingerprint density at radius 1 is 1.14 bits per heavy atom. The van der Waals surface area contributed by atoms with E-state index in [1.165, 1.54) is 6.42 Å². The third-order valence-electron chi connectivity index (χ3n) is 4.80. The van der Waals surface area contributed by atoms with Crippen LogP contribution in [0.2, 0.25) is 0 Å². The Hall–Kier alpha value is -1.26. The van der Waals surface area contributed by atoms with Crippen LogP contribution < -0.4 is 4.74 Å². The zero-order chi connectivity index (χ0) is 15.4. The molecule has 2 atom stereocenters. The molecule has 2 unspecified atom stereocenters. The zero-order valence-corrected chi connectivity index (χ0v) is 13.7. The van der Waals surface area contributed by atoms with Gasteiger partial charge in [-0.15, -0.1) is 0 Å². The summed E-state index contributed by atoms with van der Waals surface area (Å²) in [5.41, 5.74) is 0.979. The third-order valence-corrected chi connectivity index (χ3v) is 4.80. The Morgan fingerprint density at radius 2 is 1.76 bits per heavy atom. The summed E-state index contributed by atoms with van der Waals surface area (Å²) in [6.07, 6.45) is 1.20. The second-order valence-corrected chi connectivity index (χ2v) is 5.93. The first-order valence-electron chi connectivity index (χ1n) is 7.91. The normalized spacial score (nSPS) is 20.2. The topological polar surface area (TPSA) is 35.9 Å². The SMILES string of the molecule is CCC(C)N1CCN(C(C)c2ccc(OC)cc2O)CC1. The highest BCUT2D eigenvalue weighted by Crippen LogP contribution is 2.32. The quantitative estimate of drug-likeness (QED) is 0.905. The summed E-state index contributed by atoms with van der Waals surface area (Å²) in [6.45, 7) is 11.0. The van der Waals surface area contributed by atoms with Crippen LogP contribution in [0.4, 0.5) is 0 Å². The van der Waals surface area contributed by atoms with Gasteiger partial charge in [0.15, 0.2) is 0 Å². The molecule has 1 aliphatic heterocycles. The zero-order valence-electron chi connectivity index (χ0n) is 13.7. The smallest absolute Gasteiger partial charge is 0.124 e.